The average Bonchev–Trinajstić information content (AvgIpc) is 2.79. The maximum Gasteiger partial charge on any atom is 0.224 e. The van der Waals surface area contributed by atoms with Gasteiger partial charge in [0.1, 0.15) is 5.75 Å². The Bertz CT molecular complexity index is 456. The Hall–Kier alpha value is -1.51. The summed E-state index contributed by atoms with van der Waals surface area (Å²) in [6.45, 7) is 6.19. The van der Waals surface area contributed by atoms with Gasteiger partial charge in [-0.1, -0.05) is 26.8 Å². The van der Waals surface area contributed by atoms with Crippen molar-refractivity contribution in [2.75, 3.05) is 5.32 Å². The number of hydrogen-bond acceptors (Lipinski definition) is 2. The lowest BCUT2D eigenvalue weighted by Crippen LogP contribution is -2.19. The zero-order valence-corrected chi connectivity index (χ0v) is 12.7. The highest BCUT2D eigenvalue weighted by atomic mass is 16.5. The third-order valence-corrected chi connectivity index (χ3v) is 3.41. The number of benzene rings is 1. The Morgan fingerprint density at radius 2 is 2.00 bits per heavy atom. The summed E-state index contributed by atoms with van der Waals surface area (Å²) in [5, 5.41) is 2.94. The summed E-state index contributed by atoms with van der Waals surface area (Å²) in [6.07, 6.45) is 5.65. The molecule has 20 heavy (non-hydrogen) atoms. The van der Waals surface area contributed by atoms with Crippen molar-refractivity contribution >= 4 is 11.6 Å². The molecule has 0 saturated heterocycles. The molecule has 1 aliphatic rings. The summed E-state index contributed by atoms with van der Waals surface area (Å²) >= 11 is 0. The molecule has 0 radical (unpaired) electrons. The summed E-state index contributed by atoms with van der Waals surface area (Å²) in [6, 6.07) is 7.70. The van der Waals surface area contributed by atoms with E-state index < -0.39 is 0 Å². The lowest BCUT2D eigenvalue weighted by molar-refractivity contribution is -0.117. The van der Waals surface area contributed by atoms with Gasteiger partial charge in [-0.05, 0) is 43.2 Å². The van der Waals surface area contributed by atoms with Crippen LogP contribution in [0.15, 0.2) is 24.3 Å². The molecule has 1 amide bonds. The molecule has 1 aliphatic carbocycles. The van der Waals surface area contributed by atoms with Crippen LogP contribution in [0, 0.1) is 5.41 Å². The van der Waals surface area contributed by atoms with Crippen LogP contribution < -0.4 is 10.1 Å². The van der Waals surface area contributed by atoms with Crippen molar-refractivity contribution in [1.82, 2.24) is 0 Å². The first-order chi connectivity index (χ1) is 9.42. The van der Waals surface area contributed by atoms with Crippen molar-refractivity contribution in [1.29, 1.82) is 0 Å². The molecule has 1 aromatic rings. The lowest BCUT2D eigenvalue weighted by Gasteiger charge is -2.18. The highest BCUT2D eigenvalue weighted by Gasteiger charge is 2.18. The fraction of sp³-hybridized carbons (Fsp3) is 0.588. The lowest BCUT2D eigenvalue weighted by atomic mass is 9.92. The number of anilines is 1. The molecule has 0 spiro atoms. The zero-order valence-electron chi connectivity index (χ0n) is 12.7. The maximum absolute atomic E-state index is 11.9. The van der Waals surface area contributed by atoms with E-state index in [1.807, 2.05) is 24.3 Å². The summed E-state index contributed by atoms with van der Waals surface area (Å²) in [4.78, 5) is 11.9. The van der Waals surface area contributed by atoms with Gasteiger partial charge in [-0.3, -0.25) is 4.79 Å². The van der Waals surface area contributed by atoms with Crippen LogP contribution >= 0.6 is 0 Å². The molecule has 0 atom stereocenters. The second kappa shape index (κ2) is 6.29. The fourth-order valence-electron chi connectivity index (χ4n) is 2.53. The second-order valence-corrected chi connectivity index (χ2v) is 6.84. The van der Waals surface area contributed by atoms with E-state index in [1.54, 1.807) is 0 Å². The molecular formula is C17H25NO2. The standard InChI is InChI=1S/C17H25NO2/c1-17(2,3)12-16(19)18-13-7-6-10-15(11-13)20-14-8-4-5-9-14/h6-7,10-11,14H,4-5,8-9,12H2,1-3H3,(H,18,19). The Morgan fingerprint density at radius 3 is 2.65 bits per heavy atom. The number of carbonyl (C=O) groups excluding carboxylic acids is 1. The van der Waals surface area contributed by atoms with Crippen LogP contribution in [0.25, 0.3) is 0 Å². The van der Waals surface area contributed by atoms with Gasteiger partial charge in [0.2, 0.25) is 5.91 Å². The van der Waals surface area contributed by atoms with E-state index >= 15 is 0 Å². The third kappa shape index (κ3) is 4.87. The number of carbonyl (C=O) groups is 1. The summed E-state index contributed by atoms with van der Waals surface area (Å²) in [5.41, 5.74) is 0.817. The highest BCUT2D eigenvalue weighted by Crippen LogP contribution is 2.26. The predicted molar refractivity (Wildman–Crippen MR) is 82.0 cm³/mol. The van der Waals surface area contributed by atoms with Gasteiger partial charge in [-0.25, -0.2) is 0 Å². The highest BCUT2D eigenvalue weighted by molar-refractivity contribution is 5.91. The molecule has 0 unspecified atom stereocenters. The molecule has 0 heterocycles. The molecule has 110 valence electrons. The Morgan fingerprint density at radius 1 is 1.30 bits per heavy atom. The van der Waals surface area contributed by atoms with Gasteiger partial charge < -0.3 is 10.1 Å². The van der Waals surface area contributed by atoms with Crippen LogP contribution in [-0.2, 0) is 4.79 Å². The maximum atomic E-state index is 11.9. The minimum absolute atomic E-state index is 0.00202. The van der Waals surface area contributed by atoms with Crippen molar-refractivity contribution in [3.63, 3.8) is 0 Å². The Kier molecular flexibility index (Phi) is 4.69. The van der Waals surface area contributed by atoms with Crippen LogP contribution in [-0.4, -0.2) is 12.0 Å². The average molecular weight is 275 g/mol. The summed E-state index contributed by atoms with van der Waals surface area (Å²) < 4.78 is 5.95. The van der Waals surface area contributed by atoms with Crippen LogP contribution in [0.1, 0.15) is 52.9 Å². The van der Waals surface area contributed by atoms with Gasteiger partial charge in [0.05, 0.1) is 6.10 Å². The first-order valence-corrected chi connectivity index (χ1v) is 7.49. The van der Waals surface area contributed by atoms with E-state index in [2.05, 4.69) is 26.1 Å². The van der Waals surface area contributed by atoms with Gasteiger partial charge in [-0.15, -0.1) is 0 Å². The molecule has 3 heteroatoms. The molecular weight excluding hydrogens is 250 g/mol. The fourth-order valence-corrected chi connectivity index (χ4v) is 2.53. The summed E-state index contributed by atoms with van der Waals surface area (Å²) in [7, 11) is 0. The second-order valence-electron chi connectivity index (χ2n) is 6.84. The van der Waals surface area contributed by atoms with Gasteiger partial charge in [0.15, 0.2) is 0 Å². The minimum Gasteiger partial charge on any atom is -0.490 e. The van der Waals surface area contributed by atoms with E-state index in [4.69, 9.17) is 4.74 Å². The van der Waals surface area contributed by atoms with E-state index in [9.17, 15) is 4.79 Å². The van der Waals surface area contributed by atoms with Gasteiger partial charge >= 0.3 is 0 Å². The predicted octanol–water partition coefficient (Wildman–Crippen LogP) is 4.38. The van der Waals surface area contributed by atoms with Gasteiger partial charge in [-0.2, -0.15) is 0 Å². The van der Waals surface area contributed by atoms with Crippen molar-refractivity contribution in [2.45, 2.75) is 59.0 Å². The van der Waals surface area contributed by atoms with Gasteiger partial charge in [0, 0.05) is 18.2 Å². The molecule has 2 rings (SSSR count). The smallest absolute Gasteiger partial charge is 0.224 e. The number of ether oxygens (including phenoxy) is 1. The van der Waals surface area contributed by atoms with E-state index in [0.29, 0.717) is 12.5 Å². The molecule has 1 saturated carbocycles. The molecule has 1 aromatic carbocycles. The Balaban J connectivity index is 1.93. The topological polar surface area (TPSA) is 38.3 Å². The van der Waals surface area contributed by atoms with Crippen LogP contribution in [0.5, 0.6) is 5.75 Å². The molecule has 3 nitrogen and oxygen atoms in total. The summed E-state index contributed by atoms with van der Waals surface area (Å²) in [5.74, 6) is 0.904. The van der Waals surface area contributed by atoms with Gasteiger partial charge in [0.25, 0.3) is 0 Å². The number of amides is 1. The molecule has 0 aliphatic heterocycles. The number of nitrogens with one attached hydrogen (secondary N) is 1. The third-order valence-electron chi connectivity index (χ3n) is 3.41. The van der Waals surface area contributed by atoms with Crippen LogP contribution in [0.4, 0.5) is 5.69 Å². The first-order valence-electron chi connectivity index (χ1n) is 7.49. The Labute approximate surface area is 121 Å². The van der Waals surface area contributed by atoms with Crippen LogP contribution in [0.3, 0.4) is 0 Å². The largest absolute Gasteiger partial charge is 0.490 e. The molecule has 0 aromatic heterocycles. The van der Waals surface area contributed by atoms with E-state index in [0.717, 1.165) is 24.3 Å². The van der Waals surface area contributed by atoms with Crippen molar-refractivity contribution in [3.8, 4) is 5.75 Å². The van der Waals surface area contributed by atoms with Crippen LogP contribution in [0.2, 0.25) is 0 Å². The minimum atomic E-state index is 0.00202. The van der Waals surface area contributed by atoms with Crippen molar-refractivity contribution in [2.24, 2.45) is 5.41 Å². The first kappa shape index (κ1) is 14.9. The number of rotatable bonds is 4. The molecule has 1 N–H and O–H groups in total. The monoisotopic (exact) mass is 275 g/mol. The zero-order chi connectivity index (χ0) is 14.6. The van der Waals surface area contributed by atoms with Crippen molar-refractivity contribution in [3.05, 3.63) is 24.3 Å². The van der Waals surface area contributed by atoms with E-state index in [-0.39, 0.29) is 11.3 Å². The molecule has 1 fully saturated rings. The van der Waals surface area contributed by atoms with E-state index in [1.165, 1.54) is 12.8 Å². The quantitative estimate of drug-likeness (QED) is 0.885. The van der Waals surface area contributed by atoms with Crippen molar-refractivity contribution < 1.29 is 9.53 Å². The number of hydrogen-bond donors (Lipinski definition) is 1. The molecule has 0 bridgehead atoms. The SMILES string of the molecule is CC(C)(C)CC(=O)Nc1cccc(OC2CCCC2)c1. The normalized spacial score (nSPS) is 16.1.